The summed E-state index contributed by atoms with van der Waals surface area (Å²) in [5, 5.41) is 8.98. The number of hydrogen-bond donors (Lipinski definition) is 1. The minimum Gasteiger partial charge on any atom is -0.481 e. The van der Waals surface area contributed by atoms with E-state index in [0.29, 0.717) is 18.9 Å². The molecule has 0 saturated carbocycles. The van der Waals surface area contributed by atoms with E-state index in [-0.39, 0.29) is 24.3 Å². The highest BCUT2D eigenvalue weighted by Gasteiger charge is 2.32. The van der Waals surface area contributed by atoms with Crippen molar-refractivity contribution in [3.8, 4) is 0 Å². The summed E-state index contributed by atoms with van der Waals surface area (Å²) in [6.07, 6.45) is 2.22. The SMILES string of the molecule is CC(C)C(CC(=O)N1CCCC1CC(=O)O)c1ccccc1. The molecule has 1 aromatic rings. The fraction of sp³-hybridized carbons (Fsp3) is 0.556. The van der Waals surface area contributed by atoms with Gasteiger partial charge < -0.3 is 10.0 Å². The van der Waals surface area contributed by atoms with E-state index in [0.717, 1.165) is 12.8 Å². The number of nitrogens with zero attached hydrogens (tertiary/aromatic N) is 1. The highest BCUT2D eigenvalue weighted by atomic mass is 16.4. The normalized spacial score (nSPS) is 19.4. The number of hydrogen-bond acceptors (Lipinski definition) is 2. The van der Waals surface area contributed by atoms with Gasteiger partial charge in [0.05, 0.1) is 6.42 Å². The Kier molecular flexibility index (Phi) is 5.58. The molecule has 0 spiro atoms. The molecule has 4 heteroatoms. The quantitative estimate of drug-likeness (QED) is 0.877. The molecule has 1 fully saturated rings. The van der Waals surface area contributed by atoms with E-state index < -0.39 is 5.97 Å². The van der Waals surface area contributed by atoms with Crippen molar-refractivity contribution >= 4 is 11.9 Å². The number of aliphatic carboxylic acids is 1. The Bertz CT molecular complexity index is 512. The molecular formula is C18H25NO3. The first kappa shape index (κ1) is 16.5. The van der Waals surface area contributed by atoms with E-state index in [2.05, 4.69) is 26.0 Å². The van der Waals surface area contributed by atoms with Crippen LogP contribution >= 0.6 is 0 Å². The summed E-state index contributed by atoms with van der Waals surface area (Å²) in [5.74, 6) is -0.189. The van der Waals surface area contributed by atoms with Gasteiger partial charge >= 0.3 is 5.97 Å². The van der Waals surface area contributed by atoms with Crippen LogP contribution < -0.4 is 0 Å². The third-order valence-corrected chi connectivity index (χ3v) is 4.53. The highest BCUT2D eigenvalue weighted by Crippen LogP contribution is 2.30. The van der Waals surface area contributed by atoms with Crippen molar-refractivity contribution in [3.63, 3.8) is 0 Å². The van der Waals surface area contributed by atoms with Gasteiger partial charge in [0, 0.05) is 19.0 Å². The summed E-state index contributed by atoms with van der Waals surface area (Å²) in [4.78, 5) is 25.4. The van der Waals surface area contributed by atoms with Gasteiger partial charge in [0.1, 0.15) is 0 Å². The fourth-order valence-corrected chi connectivity index (χ4v) is 3.32. The van der Waals surface area contributed by atoms with Crippen LogP contribution in [0.25, 0.3) is 0 Å². The first-order chi connectivity index (χ1) is 10.5. The number of benzene rings is 1. The first-order valence-electron chi connectivity index (χ1n) is 8.05. The lowest BCUT2D eigenvalue weighted by Crippen LogP contribution is -2.37. The average molecular weight is 303 g/mol. The van der Waals surface area contributed by atoms with Gasteiger partial charge in [-0.2, -0.15) is 0 Å². The molecule has 1 aromatic carbocycles. The molecule has 1 heterocycles. The van der Waals surface area contributed by atoms with Gasteiger partial charge in [0.25, 0.3) is 0 Å². The summed E-state index contributed by atoms with van der Waals surface area (Å²) >= 11 is 0. The number of carboxylic acid groups (broad SMARTS) is 1. The molecule has 22 heavy (non-hydrogen) atoms. The Balaban J connectivity index is 2.06. The van der Waals surface area contributed by atoms with E-state index >= 15 is 0 Å². The minimum absolute atomic E-state index is 0.0590. The smallest absolute Gasteiger partial charge is 0.305 e. The second kappa shape index (κ2) is 7.43. The molecule has 1 amide bonds. The molecule has 120 valence electrons. The van der Waals surface area contributed by atoms with Crippen LogP contribution in [-0.4, -0.2) is 34.5 Å². The van der Waals surface area contributed by atoms with Crippen molar-refractivity contribution in [1.82, 2.24) is 4.90 Å². The van der Waals surface area contributed by atoms with Crippen molar-refractivity contribution in [2.45, 2.75) is 51.5 Å². The van der Waals surface area contributed by atoms with Crippen molar-refractivity contribution in [2.24, 2.45) is 5.92 Å². The fourth-order valence-electron chi connectivity index (χ4n) is 3.32. The molecule has 0 aromatic heterocycles. The molecule has 2 rings (SSSR count). The Hall–Kier alpha value is -1.84. The molecule has 2 atom stereocenters. The van der Waals surface area contributed by atoms with Gasteiger partial charge in [0.15, 0.2) is 0 Å². The third-order valence-electron chi connectivity index (χ3n) is 4.53. The van der Waals surface area contributed by atoms with Gasteiger partial charge in [-0.05, 0) is 30.2 Å². The van der Waals surface area contributed by atoms with Gasteiger partial charge in [0.2, 0.25) is 5.91 Å². The molecule has 0 bridgehead atoms. The number of carboxylic acids is 1. The summed E-state index contributed by atoms with van der Waals surface area (Å²) < 4.78 is 0. The van der Waals surface area contributed by atoms with Crippen LogP contribution in [0.2, 0.25) is 0 Å². The second-order valence-electron chi connectivity index (χ2n) is 6.45. The zero-order valence-electron chi connectivity index (χ0n) is 13.4. The lowest BCUT2D eigenvalue weighted by Gasteiger charge is -2.27. The molecule has 1 saturated heterocycles. The molecule has 0 aliphatic carbocycles. The van der Waals surface area contributed by atoms with Crippen LogP contribution in [0.3, 0.4) is 0 Å². The van der Waals surface area contributed by atoms with Crippen molar-refractivity contribution in [3.05, 3.63) is 35.9 Å². The molecule has 1 aliphatic rings. The second-order valence-corrected chi connectivity index (χ2v) is 6.45. The number of likely N-dealkylation sites (tertiary alicyclic amines) is 1. The minimum atomic E-state index is -0.826. The predicted octanol–water partition coefficient (Wildman–Crippen LogP) is 3.28. The van der Waals surface area contributed by atoms with Crippen LogP contribution in [0, 0.1) is 5.92 Å². The molecule has 1 aliphatic heterocycles. The largest absolute Gasteiger partial charge is 0.481 e. The van der Waals surface area contributed by atoms with Crippen molar-refractivity contribution in [1.29, 1.82) is 0 Å². The number of carbonyl (C=O) groups excluding carboxylic acids is 1. The lowest BCUT2D eigenvalue weighted by molar-refractivity contribution is -0.140. The van der Waals surface area contributed by atoms with Crippen LogP contribution in [-0.2, 0) is 9.59 Å². The van der Waals surface area contributed by atoms with E-state index in [4.69, 9.17) is 5.11 Å². The number of amides is 1. The molecule has 4 nitrogen and oxygen atoms in total. The predicted molar refractivity (Wildman–Crippen MR) is 85.6 cm³/mol. The van der Waals surface area contributed by atoms with Crippen molar-refractivity contribution in [2.75, 3.05) is 6.54 Å². The van der Waals surface area contributed by atoms with Gasteiger partial charge in [-0.25, -0.2) is 0 Å². The molecule has 2 unspecified atom stereocenters. The van der Waals surface area contributed by atoms with Crippen LogP contribution in [0.5, 0.6) is 0 Å². The Morgan fingerprint density at radius 3 is 2.55 bits per heavy atom. The summed E-state index contributed by atoms with van der Waals surface area (Å²) in [5.41, 5.74) is 1.18. The topological polar surface area (TPSA) is 57.6 Å². The van der Waals surface area contributed by atoms with Gasteiger partial charge in [-0.15, -0.1) is 0 Å². The lowest BCUT2D eigenvalue weighted by atomic mass is 9.85. The highest BCUT2D eigenvalue weighted by molar-refractivity contribution is 5.79. The zero-order chi connectivity index (χ0) is 16.1. The average Bonchev–Trinajstić information content (AvgIpc) is 2.92. The van der Waals surface area contributed by atoms with Crippen molar-refractivity contribution < 1.29 is 14.7 Å². The van der Waals surface area contributed by atoms with E-state index in [1.807, 2.05) is 18.2 Å². The van der Waals surface area contributed by atoms with Crippen LogP contribution in [0.1, 0.15) is 51.0 Å². The van der Waals surface area contributed by atoms with E-state index in [9.17, 15) is 9.59 Å². The first-order valence-corrected chi connectivity index (χ1v) is 8.05. The summed E-state index contributed by atoms with van der Waals surface area (Å²) in [6.45, 7) is 4.95. The maximum absolute atomic E-state index is 12.7. The maximum Gasteiger partial charge on any atom is 0.305 e. The Labute approximate surface area is 132 Å². The van der Waals surface area contributed by atoms with Crippen LogP contribution in [0.15, 0.2) is 30.3 Å². The molecule has 1 N–H and O–H groups in total. The molecular weight excluding hydrogens is 278 g/mol. The van der Waals surface area contributed by atoms with Crippen LogP contribution in [0.4, 0.5) is 0 Å². The van der Waals surface area contributed by atoms with E-state index in [1.165, 1.54) is 5.56 Å². The monoisotopic (exact) mass is 303 g/mol. The third kappa shape index (κ3) is 4.09. The number of rotatable bonds is 6. The maximum atomic E-state index is 12.7. The van der Waals surface area contributed by atoms with Gasteiger partial charge in [-0.3, -0.25) is 9.59 Å². The molecule has 0 radical (unpaired) electrons. The van der Waals surface area contributed by atoms with Gasteiger partial charge in [-0.1, -0.05) is 44.2 Å². The standard InChI is InChI=1S/C18H25NO3/c1-13(2)16(14-7-4-3-5-8-14)12-17(20)19-10-6-9-15(19)11-18(21)22/h3-5,7-8,13,15-16H,6,9-12H2,1-2H3,(H,21,22). The summed E-state index contributed by atoms with van der Waals surface area (Å²) in [7, 11) is 0. The Morgan fingerprint density at radius 2 is 1.95 bits per heavy atom. The number of carbonyl (C=O) groups is 2. The summed E-state index contributed by atoms with van der Waals surface area (Å²) in [6, 6.07) is 9.98. The van der Waals surface area contributed by atoms with E-state index in [1.54, 1.807) is 4.90 Å². The Morgan fingerprint density at radius 1 is 1.27 bits per heavy atom. The zero-order valence-corrected chi connectivity index (χ0v) is 13.4.